The number of nitrogens with zero attached hydrogens (tertiary/aromatic N) is 5. The summed E-state index contributed by atoms with van der Waals surface area (Å²) in [5, 5.41) is 7.49. The number of nitrogens with one attached hydrogen (secondary N) is 1. The second kappa shape index (κ2) is 7.84. The van der Waals surface area contributed by atoms with Crippen molar-refractivity contribution < 1.29 is 4.79 Å². The number of aromatic nitrogens is 4. The molecule has 7 heteroatoms. The summed E-state index contributed by atoms with van der Waals surface area (Å²) in [6.07, 6.45) is 10.4. The van der Waals surface area contributed by atoms with E-state index in [0.29, 0.717) is 11.6 Å². The van der Waals surface area contributed by atoms with Crippen LogP contribution in [0.3, 0.4) is 0 Å². The Balaban J connectivity index is 1.48. The largest absolute Gasteiger partial charge is 0.337 e. The molecule has 1 atom stereocenters. The summed E-state index contributed by atoms with van der Waals surface area (Å²) < 4.78 is 2.25. The predicted octanol–water partition coefficient (Wildman–Crippen LogP) is 2.07. The first kappa shape index (κ1) is 18.2. The minimum absolute atomic E-state index is 0.0884. The van der Waals surface area contributed by atoms with Crippen molar-refractivity contribution in [2.45, 2.75) is 51.0 Å². The van der Waals surface area contributed by atoms with Crippen LogP contribution >= 0.6 is 0 Å². The average molecular weight is 371 g/mol. The van der Waals surface area contributed by atoms with Crippen molar-refractivity contribution >= 4 is 5.91 Å². The molecular formula is C20H30N6O. The number of carbonyl (C=O) groups excluding carboxylic acids is 1. The van der Waals surface area contributed by atoms with Crippen molar-refractivity contribution in [1.82, 2.24) is 29.5 Å². The number of hydrogen-bond donors (Lipinski definition) is 1. The third-order valence-corrected chi connectivity index (χ3v) is 5.87. The van der Waals surface area contributed by atoms with Gasteiger partial charge in [0.15, 0.2) is 5.69 Å². The topological polar surface area (TPSA) is 70.1 Å². The standard InChI is InChI=1S/C20H30N6O/c1-24(2)12-13-25-11-9-21-19(25)15-6-5-10-26(14-15)20(27)18-16-7-3-4-8-17(16)22-23-18/h9,11,15H,3-8,10,12-14H2,1-2H3,(H,22,23)/t15-/m0/s1. The number of carbonyl (C=O) groups is 1. The van der Waals surface area contributed by atoms with Crippen molar-refractivity contribution in [2.75, 3.05) is 33.7 Å². The Labute approximate surface area is 160 Å². The summed E-state index contributed by atoms with van der Waals surface area (Å²) in [5.74, 6) is 1.50. The molecule has 7 nitrogen and oxygen atoms in total. The molecule has 27 heavy (non-hydrogen) atoms. The SMILES string of the molecule is CN(C)CCn1ccnc1[C@H]1CCCN(C(=O)c2n[nH]c3c2CCCC3)C1. The van der Waals surface area contributed by atoms with Crippen LogP contribution in [-0.4, -0.2) is 69.2 Å². The third-order valence-electron chi connectivity index (χ3n) is 5.87. The minimum atomic E-state index is 0.0884. The molecule has 3 heterocycles. The number of H-pyrrole nitrogens is 1. The van der Waals surface area contributed by atoms with Crippen LogP contribution in [0.25, 0.3) is 0 Å². The van der Waals surface area contributed by atoms with Crippen LogP contribution in [0, 0.1) is 0 Å². The van der Waals surface area contributed by atoms with E-state index in [1.54, 1.807) is 0 Å². The summed E-state index contributed by atoms with van der Waals surface area (Å²) in [6, 6.07) is 0. The highest BCUT2D eigenvalue weighted by Crippen LogP contribution is 2.28. The number of imidazole rings is 1. The zero-order valence-electron chi connectivity index (χ0n) is 16.4. The lowest BCUT2D eigenvalue weighted by atomic mass is 9.94. The van der Waals surface area contributed by atoms with Gasteiger partial charge in [-0.15, -0.1) is 0 Å². The summed E-state index contributed by atoms with van der Waals surface area (Å²) in [5.41, 5.74) is 2.97. The van der Waals surface area contributed by atoms with E-state index in [9.17, 15) is 4.79 Å². The molecule has 1 fully saturated rings. The third kappa shape index (κ3) is 3.78. The Bertz CT molecular complexity index is 792. The van der Waals surface area contributed by atoms with Gasteiger partial charge in [0.1, 0.15) is 5.82 Å². The Morgan fingerprint density at radius 1 is 1.30 bits per heavy atom. The predicted molar refractivity (Wildman–Crippen MR) is 104 cm³/mol. The number of hydrogen-bond acceptors (Lipinski definition) is 4. The zero-order chi connectivity index (χ0) is 18.8. The van der Waals surface area contributed by atoms with Crippen LogP contribution in [0.1, 0.15) is 59.2 Å². The Hall–Kier alpha value is -2.15. The second-order valence-electron chi connectivity index (χ2n) is 8.11. The lowest BCUT2D eigenvalue weighted by Gasteiger charge is -2.32. The number of aromatic amines is 1. The molecule has 1 aliphatic carbocycles. The summed E-state index contributed by atoms with van der Waals surface area (Å²) in [7, 11) is 4.17. The average Bonchev–Trinajstić information content (AvgIpc) is 3.33. The van der Waals surface area contributed by atoms with Gasteiger partial charge in [0.05, 0.1) is 0 Å². The van der Waals surface area contributed by atoms with Crippen molar-refractivity contribution in [1.29, 1.82) is 0 Å². The number of rotatable bonds is 5. The molecule has 1 saturated heterocycles. The lowest BCUT2D eigenvalue weighted by Crippen LogP contribution is -2.40. The molecule has 0 aromatic carbocycles. The number of likely N-dealkylation sites (tertiary alicyclic amines) is 1. The van der Waals surface area contributed by atoms with E-state index in [4.69, 9.17) is 0 Å². The van der Waals surface area contributed by atoms with Crippen LogP contribution in [0.5, 0.6) is 0 Å². The van der Waals surface area contributed by atoms with Crippen molar-refractivity contribution in [3.8, 4) is 0 Å². The quantitative estimate of drug-likeness (QED) is 0.875. The molecule has 146 valence electrons. The van der Waals surface area contributed by atoms with Gasteiger partial charge in [0, 0.05) is 55.7 Å². The van der Waals surface area contributed by atoms with Gasteiger partial charge in [-0.3, -0.25) is 9.89 Å². The van der Waals surface area contributed by atoms with Crippen molar-refractivity contribution in [3.05, 3.63) is 35.2 Å². The number of likely N-dealkylation sites (N-methyl/N-ethyl adjacent to an activating group) is 1. The van der Waals surface area contributed by atoms with Gasteiger partial charge in [-0.25, -0.2) is 4.98 Å². The maximum absolute atomic E-state index is 13.2. The van der Waals surface area contributed by atoms with Gasteiger partial charge in [0.2, 0.25) is 0 Å². The summed E-state index contributed by atoms with van der Waals surface area (Å²) >= 11 is 0. The zero-order valence-corrected chi connectivity index (χ0v) is 16.4. The first-order valence-corrected chi connectivity index (χ1v) is 10.1. The van der Waals surface area contributed by atoms with Gasteiger partial charge in [-0.05, 0) is 52.6 Å². The van der Waals surface area contributed by atoms with Crippen LogP contribution in [-0.2, 0) is 19.4 Å². The highest BCUT2D eigenvalue weighted by atomic mass is 16.2. The Morgan fingerprint density at radius 3 is 3.00 bits per heavy atom. The van der Waals surface area contributed by atoms with Crippen LogP contribution in [0.2, 0.25) is 0 Å². The summed E-state index contributed by atoms with van der Waals surface area (Å²) in [4.78, 5) is 22.0. The van der Waals surface area contributed by atoms with Crippen LogP contribution in [0.4, 0.5) is 0 Å². The fraction of sp³-hybridized carbons (Fsp3) is 0.650. The first-order chi connectivity index (χ1) is 13.1. The molecule has 4 rings (SSSR count). The molecule has 0 spiro atoms. The molecule has 1 amide bonds. The number of amides is 1. The number of fused-ring (bicyclic) bond motifs is 1. The van der Waals surface area contributed by atoms with E-state index in [1.165, 1.54) is 6.42 Å². The maximum atomic E-state index is 13.2. The Morgan fingerprint density at radius 2 is 2.15 bits per heavy atom. The fourth-order valence-electron chi connectivity index (χ4n) is 4.36. The Kier molecular flexibility index (Phi) is 5.29. The van der Waals surface area contributed by atoms with Gasteiger partial charge < -0.3 is 14.4 Å². The maximum Gasteiger partial charge on any atom is 0.274 e. The molecule has 1 aliphatic heterocycles. The normalized spacial score (nSPS) is 20.1. The van der Waals surface area contributed by atoms with Gasteiger partial charge in [-0.2, -0.15) is 5.10 Å². The molecule has 0 unspecified atom stereocenters. The minimum Gasteiger partial charge on any atom is -0.337 e. The number of aryl methyl sites for hydroxylation is 1. The number of piperidine rings is 1. The van der Waals surface area contributed by atoms with E-state index in [0.717, 1.165) is 75.4 Å². The van der Waals surface area contributed by atoms with Gasteiger partial charge in [0.25, 0.3) is 5.91 Å². The van der Waals surface area contributed by atoms with E-state index in [2.05, 4.69) is 44.9 Å². The van der Waals surface area contributed by atoms with Gasteiger partial charge >= 0.3 is 0 Å². The molecule has 2 aromatic heterocycles. The first-order valence-electron chi connectivity index (χ1n) is 10.1. The highest BCUT2D eigenvalue weighted by Gasteiger charge is 2.31. The molecule has 2 aliphatic rings. The summed E-state index contributed by atoms with van der Waals surface area (Å²) in [6.45, 7) is 3.46. The van der Waals surface area contributed by atoms with E-state index >= 15 is 0 Å². The van der Waals surface area contributed by atoms with Crippen LogP contribution < -0.4 is 0 Å². The smallest absolute Gasteiger partial charge is 0.274 e. The molecular weight excluding hydrogens is 340 g/mol. The fourth-order valence-corrected chi connectivity index (χ4v) is 4.36. The lowest BCUT2D eigenvalue weighted by molar-refractivity contribution is 0.0696. The van der Waals surface area contributed by atoms with E-state index < -0.39 is 0 Å². The highest BCUT2D eigenvalue weighted by molar-refractivity contribution is 5.94. The molecule has 0 saturated carbocycles. The van der Waals surface area contributed by atoms with E-state index in [-0.39, 0.29) is 5.91 Å². The monoisotopic (exact) mass is 370 g/mol. The van der Waals surface area contributed by atoms with Crippen molar-refractivity contribution in [3.63, 3.8) is 0 Å². The molecule has 2 aromatic rings. The van der Waals surface area contributed by atoms with E-state index in [1.807, 2.05) is 11.1 Å². The van der Waals surface area contributed by atoms with Crippen molar-refractivity contribution in [2.24, 2.45) is 0 Å². The molecule has 1 N–H and O–H groups in total. The molecule has 0 radical (unpaired) electrons. The van der Waals surface area contributed by atoms with Crippen LogP contribution in [0.15, 0.2) is 12.4 Å². The second-order valence-corrected chi connectivity index (χ2v) is 8.11. The van der Waals surface area contributed by atoms with Gasteiger partial charge in [-0.1, -0.05) is 0 Å². The molecule has 0 bridgehead atoms.